The van der Waals surface area contributed by atoms with Gasteiger partial charge in [0, 0.05) is 11.7 Å². The Labute approximate surface area is 180 Å². The van der Waals surface area contributed by atoms with Gasteiger partial charge in [0.25, 0.3) is 5.91 Å². The Morgan fingerprint density at radius 3 is 2.32 bits per heavy atom. The molecule has 0 saturated carbocycles. The summed E-state index contributed by atoms with van der Waals surface area (Å²) < 4.78 is 43.0. The van der Waals surface area contributed by atoms with Crippen LogP contribution in [0.3, 0.4) is 0 Å². The van der Waals surface area contributed by atoms with Crippen molar-refractivity contribution in [3.63, 3.8) is 0 Å². The van der Waals surface area contributed by atoms with Gasteiger partial charge in [-0.25, -0.2) is 17.9 Å². The quantitative estimate of drug-likeness (QED) is 0.622. The van der Waals surface area contributed by atoms with Crippen molar-refractivity contribution < 1.29 is 32.2 Å². The van der Waals surface area contributed by atoms with Crippen LogP contribution in [0.1, 0.15) is 20.8 Å². The summed E-state index contributed by atoms with van der Waals surface area (Å²) in [4.78, 5) is 24.8. The number of benzene rings is 2. The molecule has 0 aromatic heterocycles. The number of esters is 1. The summed E-state index contributed by atoms with van der Waals surface area (Å²) in [5.41, 5.74) is 0.363. The lowest BCUT2D eigenvalue weighted by Crippen LogP contribution is -2.41. The van der Waals surface area contributed by atoms with Crippen LogP contribution >= 0.6 is 0 Å². The number of hydrogen-bond acceptors (Lipinski definition) is 7. The first-order valence-electron chi connectivity index (χ1n) is 9.68. The molecule has 2 atom stereocenters. The van der Waals surface area contributed by atoms with Crippen molar-refractivity contribution in [3.05, 3.63) is 48.5 Å². The molecule has 1 amide bonds. The maximum atomic E-state index is 12.4. The van der Waals surface area contributed by atoms with E-state index in [2.05, 4.69) is 10.0 Å². The highest BCUT2D eigenvalue weighted by molar-refractivity contribution is 7.89. The lowest BCUT2D eigenvalue weighted by Gasteiger charge is -2.25. The smallest absolute Gasteiger partial charge is 0.351 e. The van der Waals surface area contributed by atoms with E-state index in [1.54, 1.807) is 38.1 Å². The van der Waals surface area contributed by atoms with Gasteiger partial charge in [-0.3, -0.25) is 4.79 Å². The first kappa shape index (κ1) is 22.6. The number of carbonyl (C=O) groups is 2. The number of para-hydroxylation sites is 2. The standard InChI is InChI=1S/C21H24N2O7S/c1-13(2)23-31(26,27)16-10-8-15(9-11-16)22-20(24)14(3)29-21(25)19-12-28-17-6-4-5-7-18(17)30-19/h4-11,13-14,19,23H,12H2,1-3H3,(H,22,24). The van der Waals surface area contributed by atoms with Crippen LogP contribution in [-0.2, 0) is 24.3 Å². The molecule has 1 aliphatic rings. The molecule has 1 aliphatic heterocycles. The molecule has 9 nitrogen and oxygen atoms in total. The van der Waals surface area contributed by atoms with Crippen LogP contribution in [0.15, 0.2) is 53.4 Å². The third kappa shape index (κ3) is 5.74. The molecule has 0 aliphatic carbocycles. The molecule has 166 valence electrons. The molecule has 0 fully saturated rings. The Bertz CT molecular complexity index is 1050. The number of hydrogen-bond donors (Lipinski definition) is 2. The molecule has 1 heterocycles. The predicted octanol–water partition coefficient (Wildman–Crippen LogP) is 2.08. The molecule has 0 saturated heterocycles. The Kier molecular flexibility index (Phi) is 6.81. The fourth-order valence-electron chi connectivity index (χ4n) is 2.78. The second-order valence-electron chi connectivity index (χ2n) is 7.23. The molecule has 2 aromatic carbocycles. The van der Waals surface area contributed by atoms with E-state index in [4.69, 9.17) is 14.2 Å². The highest BCUT2D eigenvalue weighted by Gasteiger charge is 2.31. The van der Waals surface area contributed by atoms with E-state index in [9.17, 15) is 18.0 Å². The van der Waals surface area contributed by atoms with Crippen molar-refractivity contribution in [1.29, 1.82) is 0 Å². The number of amides is 1. The summed E-state index contributed by atoms with van der Waals surface area (Å²) in [6.07, 6.45) is -2.08. The maximum Gasteiger partial charge on any atom is 0.351 e. The van der Waals surface area contributed by atoms with Crippen LogP contribution in [0.4, 0.5) is 5.69 Å². The number of rotatable bonds is 7. The first-order chi connectivity index (χ1) is 14.7. The number of anilines is 1. The monoisotopic (exact) mass is 448 g/mol. The minimum Gasteiger partial charge on any atom is -0.485 e. The minimum atomic E-state index is -3.63. The normalized spacial score (nSPS) is 16.5. The number of sulfonamides is 1. The number of carbonyl (C=O) groups excluding carboxylic acids is 2. The molecule has 0 bridgehead atoms. The van der Waals surface area contributed by atoms with Crippen LogP contribution in [0.25, 0.3) is 0 Å². The summed E-state index contributed by atoms with van der Waals surface area (Å²) in [5.74, 6) is -0.332. The van der Waals surface area contributed by atoms with Gasteiger partial charge < -0.3 is 19.5 Å². The zero-order chi connectivity index (χ0) is 22.6. The lowest BCUT2D eigenvalue weighted by molar-refractivity contribution is -0.162. The van der Waals surface area contributed by atoms with Crippen LogP contribution in [-0.4, -0.2) is 45.2 Å². The molecule has 2 unspecified atom stereocenters. The maximum absolute atomic E-state index is 12.4. The van der Waals surface area contributed by atoms with E-state index in [0.29, 0.717) is 17.2 Å². The molecule has 3 rings (SSSR count). The van der Waals surface area contributed by atoms with Gasteiger partial charge >= 0.3 is 5.97 Å². The molecule has 0 radical (unpaired) electrons. The first-order valence-corrected chi connectivity index (χ1v) is 11.2. The van der Waals surface area contributed by atoms with Crippen molar-refractivity contribution in [2.75, 3.05) is 11.9 Å². The van der Waals surface area contributed by atoms with Crippen molar-refractivity contribution in [1.82, 2.24) is 4.72 Å². The Hall–Kier alpha value is -3.11. The molecular weight excluding hydrogens is 424 g/mol. The van der Waals surface area contributed by atoms with E-state index >= 15 is 0 Å². The van der Waals surface area contributed by atoms with Crippen molar-refractivity contribution >= 4 is 27.6 Å². The van der Waals surface area contributed by atoms with Gasteiger partial charge in [0.1, 0.15) is 6.61 Å². The number of ether oxygens (including phenoxy) is 3. The van der Waals surface area contributed by atoms with Crippen LogP contribution < -0.4 is 19.5 Å². The second kappa shape index (κ2) is 9.36. The van der Waals surface area contributed by atoms with Gasteiger partial charge in [-0.15, -0.1) is 0 Å². The molecule has 31 heavy (non-hydrogen) atoms. The minimum absolute atomic E-state index is 0.0233. The molecule has 2 N–H and O–H groups in total. The van der Waals surface area contributed by atoms with Gasteiger partial charge in [0.15, 0.2) is 17.6 Å². The Balaban J connectivity index is 1.55. The van der Waals surface area contributed by atoms with E-state index in [0.717, 1.165) is 0 Å². The van der Waals surface area contributed by atoms with E-state index in [1.807, 2.05) is 0 Å². The van der Waals surface area contributed by atoms with Crippen LogP contribution in [0, 0.1) is 0 Å². The number of nitrogens with one attached hydrogen (secondary N) is 2. The number of fused-ring (bicyclic) bond motifs is 1. The van der Waals surface area contributed by atoms with Gasteiger partial charge in [-0.2, -0.15) is 0 Å². The lowest BCUT2D eigenvalue weighted by atomic mass is 10.2. The molecule has 10 heteroatoms. The topological polar surface area (TPSA) is 120 Å². The molecular formula is C21H24N2O7S. The zero-order valence-corrected chi connectivity index (χ0v) is 18.1. The van der Waals surface area contributed by atoms with Crippen LogP contribution in [0.5, 0.6) is 11.5 Å². The second-order valence-corrected chi connectivity index (χ2v) is 8.95. The summed E-state index contributed by atoms with van der Waals surface area (Å²) in [7, 11) is -3.63. The molecule has 2 aromatic rings. The van der Waals surface area contributed by atoms with Gasteiger partial charge in [-0.1, -0.05) is 12.1 Å². The third-order valence-corrected chi connectivity index (χ3v) is 5.93. The van der Waals surface area contributed by atoms with Crippen molar-refractivity contribution in [2.24, 2.45) is 0 Å². The van der Waals surface area contributed by atoms with Crippen molar-refractivity contribution in [2.45, 2.75) is 43.9 Å². The zero-order valence-electron chi connectivity index (χ0n) is 17.3. The summed E-state index contributed by atoms with van der Waals surface area (Å²) in [6.45, 7) is 4.84. The average molecular weight is 448 g/mol. The van der Waals surface area contributed by atoms with Gasteiger partial charge in [0.05, 0.1) is 4.90 Å². The van der Waals surface area contributed by atoms with Gasteiger partial charge in [0.2, 0.25) is 16.1 Å². The Morgan fingerprint density at radius 2 is 1.68 bits per heavy atom. The fraction of sp³-hybridized carbons (Fsp3) is 0.333. The van der Waals surface area contributed by atoms with Crippen molar-refractivity contribution in [3.8, 4) is 11.5 Å². The summed E-state index contributed by atoms with van der Waals surface area (Å²) in [6, 6.07) is 12.4. The highest BCUT2D eigenvalue weighted by atomic mass is 32.2. The summed E-state index contributed by atoms with van der Waals surface area (Å²) >= 11 is 0. The van der Waals surface area contributed by atoms with E-state index in [1.165, 1.54) is 31.2 Å². The SMILES string of the molecule is CC(C)NS(=O)(=O)c1ccc(NC(=O)C(C)OC(=O)C2COc3ccccc3O2)cc1. The largest absolute Gasteiger partial charge is 0.485 e. The van der Waals surface area contributed by atoms with Gasteiger partial charge in [-0.05, 0) is 57.2 Å². The third-order valence-electron chi connectivity index (χ3n) is 4.26. The molecule has 0 spiro atoms. The Morgan fingerprint density at radius 1 is 1.03 bits per heavy atom. The summed E-state index contributed by atoms with van der Waals surface area (Å²) in [5, 5.41) is 2.58. The predicted molar refractivity (Wildman–Crippen MR) is 112 cm³/mol. The van der Waals surface area contributed by atoms with E-state index < -0.39 is 34.1 Å². The van der Waals surface area contributed by atoms with E-state index in [-0.39, 0.29) is 17.5 Å². The fourth-order valence-corrected chi connectivity index (χ4v) is 4.03. The highest BCUT2D eigenvalue weighted by Crippen LogP contribution is 2.31. The average Bonchev–Trinajstić information content (AvgIpc) is 2.72. The van der Waals surface area contributed by atoms with Crippen LogP contribution in [0.2, 0.25) is 0 Å².